The molecule has 1 atom stereocenters. The van der Waals surface area contributed by atoms with Gasteiger partial charge in [0.15, 0.2) is 0 Å². The van der Waals surface area contributed by atoms with E-state index in [1.807, 2.05) is 13.8 Å². The van der Waals surface area contributed by atoms with Crippen molar-refractivity contribution >= 4 is 10.8 Å². The molecule has 2 nitrogen and oxygen atoms in total. The molecule has 0 amide bonds. The Morgan fingerprint density at radius 1 is 1.47 bits per heavy atom. The van der Waals surface area contributed by atoms with E-state index in [-0.39, 0.29) is 11.2 Å². The number of nitrogens with zero attached hydrogens (tertiary/aromatic N) is 1. The standard InChI is InChI=1S/C13H16FNOS/c1-13(2,10-15)7-4-8-17(16)12-6-3-5-11(14)9-12/h3,5-6,9H,4,7-8H2,1-2H3. The van der Waals surface area contributed by atoms with Crippen molar-refractivity contribution < 1.29 is 8.60 Å². The molecule has 0 N–H and O–H groups in total. The van der Waals surface area contributed by atoms with E-state index in [4.69, 9.17) is 5.26 Å². The molecule has 92 valence electrons. The van der Waals surface area contributed by atoms with Crippen molar-refractivity contribution in [2.24, 2.45) is 5.41 Å². The Labute approximate surface area is 104 Å². The van der Waals surface area contributed by atoms with Crippen molar-refractivity contribution in [2.45, 2.75) is 31.6 Å². The van der Waals surface area contributed by atoms with Crippen molar-refractivity contribution in [1.29, 1.82) is 5.26 Å². The lowest BCUT2D eigenvalue weighted by Crippen LogP contribution is -2.10. The first-order valence-electron chi connectivity index (χ1n) is 5.50. The molecule has 0 saturated heterocycles. The summed E-state index contributed by atoms with van der Waals surface area (Å²) in [5.41, 5.74) is -0.383. The second-order valence-corrected chi connectivity index (χ2v) is 6.18. The van der Waals surface area contributed by atoms with Crippen LogP contribution in [0.2, 0.25) is 0 Å². The van der Waals surface area contributed by atoms with Crippen molar-refractivity contribution in [3.05, 3.63) is 30.1 Å². The Bertz CT molecular complexity index is 451. The van der Waals surface area contributed by atoms with E-state index in [1.54, 1.807) is 12.1 Å². The molecule has 0 aliphatic heterocycles. The van der Waals surface area contributed by atoms with Gasteiger partial charge in [-0.15, -0.1) is 0 Å². The minimum atomic E-state index is -1.18. The predicted octanol–water partition coefficient (Wildman–Crippen LogP) is 3.26. The van der Waals surface area contributed by atoms with Crippen molar-refractivity contribution in [3.63, 3.8) is 0 Å². The molecule has 0 heterocycles. The number of benzene rings is 1. The third kappa shape index (κ3) is 4.66. The van der Waals surface area contributed by atoms with Gasteiger partial charge in [0, 0.05) is 10.6 Å². The van der Waals surface area contributed by atoms with E-state index in [2.05, 4.69) is 6.07 Å². The number of hydrogen-bond acceptors (Lipinski definition) is 2. The Kier molecular flexibility index (Phi) is 4.83. The normalized spacial score (nSPS) is 13.1. The zero-order chi connectivity index (χ0) is 12.9. The summed E-state index contributed by atoms with van der Waals surface area (Å²) in [5.74, 6) is 0.0994. The lowest BCUT2D eigenvalue weighted by atomic mass is 9.90. The lowest BCUT2D eigenvalue weighted by Gasteiger charge is -2.13. The highest BCUT2D eigenvalue weighted by Gasteiger charge is 2.16. The van der Waals surface area contributed by atoms with Crippen LogP contribution < -0.4 is 0 Å². The maximum absolute atomic E-state index is 12.9. The zero-order valence-corrected chi connectivity index (χ0v) is 10.9. The third-order valence-electron chi connectivity index (χ3n) is 2.49. The molecular weight excluding hydrogens is 237 g/mol. The number of nitriles is 1. The van der Waals surface area contributed by atoms with Crippen LogP contribution >= 0.6 is 0 Å². The van der Waals surface area contributed by atoms with Gasteiger partial charge in [-0.1, -0.05) is 6.07 Å². The first-order chi connectivity index (χ1) is 7.94. The summed E-state index contributed by atoms with van der Waals surface area (Å²) in [4.78, 5) is 0.514. The smallest absolute Gasteiger partial charge is 0.124 e. The van der Waals surface area contributed by atoms with Gasteiger partial charge in [-0.2, -0.15) is 5.26 Å². The fraction of sp³-hybridized carbons (Fsp3) is 0.462. The Morgan fingerprint density at radius 3 is 2.76 bits per heavy atom. The van der Waals surface area contributed by atoms with Crippen LogP contribution in [0.1, 0.15) is 26.7 Å². The van der Waals surface area contributed by atoms with Crippen LogP contribution in [0.3, 0.4) is 0 Å². The summed E-state index contributed by atoms with van der Waals surface area (Å²) in [6.45, 7) is 3.72. The second-order valence-electron chi connectivity index (χ2n) is 4.61. The second kappa shape index (κ2) is 5.92. The largest absolute Gasteiger partial charge is 0.254 e. The zero-order valence-electron chi connectivity index (χ0n) is 10.1. The summed E-state index contributed by atoms with van der Waals surface area (Å²) in [6, 6.07) is 8.05. The maximum atomic E-state index is 12.9. The highest BCUT2D eigenvalue weighted by Crippen LogP contribution is 2.21. The monoisotopic (exact) mass is 253 g/mol. The molecule has 0 bridgehead atoms. The molecule has 1 rings (SSSR count). The molecule has 1 unspecified atom stereocenters. The van der Waals surface area contributed by atoms with E-state index in [0.29, 0.717) is 23.5 Å². The Balaban J connectivity index is 2.49. The van der Waals surface area contributed by atoms with E-state index in [9.17, 15) is 8.60 Å². The molecule has 0 aliphatic carbocycles. The topological polar surface area (TPSA) is 40.9 Å². The summed E-state index contributed by atoms with van der Waals surface area (Å²) in [6.07, 6.45) is 1.40. The van der Waals surface area contributed by atoms with Crippen LogP contribution in [-0.4, -0.2) is 9.96 Å². The summed E-state index contributed by atoms with van der Waals surface area (Å²) >= 11 is 0. The lowest BCUT2D eigenvalue weighted by molar-refractivity contribution is 0.447. The van der Waals surface area contributed by atoms with Gasteiger partial charge in [-0.3, -0.25) is 4.21 Å². The molecule has 4 heteroatoms. The summed E-state index contributed by atoms with van der Waals surface area (Å²) in [7, 11) is -1.18. The van der Waals surface area contributed by atoms with Gasteiger partial charge in [-0.05, 0) is 44.9 Å². The van der Waals surface area contributed by atoms with Gasteiger partial charge in [0.05, 0.1) is 22.3 Å². The number of rotatable bonds is 5. The Hall–Kier alpha value is -1.21. The number of halogens is 1. The first-order valence-corrected chi connectivity index (χ1v) is 6.82. The molecule has 0 saturated carbocycles. The van der Waals surface area contributed by atoms with Crippen LogP contribution in [-0.2, 0) is 10.8 Å². The van der Waals surface area contributed by atoms with Crippen LogP contribution in [0.5, 0.6) is 0 Å². The SMILES string of the molecule is CC(C)(C#N)CCCS(=O)c1cccc(F)c1. The molecule has 0 aromatic heterocycles. The van der Waals surface area contributed by atoms with Crippen LogP contribution in [0.4, 0.5) is 4.39 Å². The fourth-order valence-corrected chi connectivity index (χ4v) is 2.54. The Morgan fingerprint density at radius 2 is 2.18 bits per heavy atom. The molecule has 0 fully saturated rings. The van der Waals surface area contributed by atoms with Gasteiger partial charge in [0.25, 0.3) is 0 Å². The molecule has 0 spiro atoms. The van der Waals surface area contributed by atoms with Crippen molar-refractivity contribution in [2.75, 3.05) is 5.75 Å². The molecular formula is C13H16FNOS. The minimum absolute atomic E-state index is 0.367. The average Bonchev–Trinajstić information content (AvgIpc) is 2.28. The van der Waals surface area contributed by atoms with Crippen LogP contribution in [0, 0.1) is 22.6 Å². The fourth-order valence-electron chi connectivity index (χ4n) is 1.43. The van der Waals surface area contributed by atoms with Gasteiger partial charge >= 0.3 is 0 Å². The summed E-state index contributed by atoms with van der Waals surface area (Å²) in [5, 5.41) is 8.84. The highest BCUT2D eigenvalue weighted by molar-refractivity contribution is 7.85. The molecule has 0 aliphatic rings. The van der Waals surface area contributed by atoms with E-state index in [1.165, 1.54) is 12.1 Å². The molecule has 0 radical (unpaired) electrons. The van der Waals surface area contributed by atoms with Crippen molar-refractivity contribution in [3.8, 4) is 6.07 Å². The first kappa shape index (κ1) is 13.9. The third-order valence-corrected chi connectivity index (χ3v) is 3.93. The van der Waals surface area contributed by atoms with Crippen LogP contribution in [0.15, 0.2) is 29.2 Å². The molecule has 1 aromatic rings. The van der Waals surface area contributed by atoms with Gasteiger partial charge in [0.1, 0.15) is 5.82 Å². The quantitative estimate of drug-likeness (QED) is 0.808. The average molecular weight is 253 g/mol. The molecule has 1 aromatic carbocycles. The van der Waals surface area contributed by atoms with E-state index in [0.717, 1.165) is 0 Å². The number of hydrogen-bond donors (Lipinski definition) is 0. The van der Waals surface area contributed by atoms with E-state index >= 15 is 0 Å². The van der Waals surface area contributed by atoms with Crippen molar-refractivity contribution in [1.82, 2.24) is 0 Å². The van der Waals surface area contributed by atoms with Gasteiger partial charge < -0.3 is 0 Å². The van der Waals surface area contributed by atoms with Gasteiger partial charge in [0.2, 0.25) is 0 Å². The van der Waals surface area contributed by atoms with Crippen LogP contribution in [0.25, 0.3) is 0 Å². The maximum Gasteiger partial charge on any atom is 0.124 e. The minimum Gasteiger partial charge on any atom is -0.254 e. The highest BCUT2D eigenvalue weighted by atomic mass is 32.2. The summed E-state index contributed by atoms with van der Waals surface area (Å²) < 4.78 is 24.7. The van der Waals surface area contributed by atoms with Gasteiger partial charge in [-0.25, -0.2) is 4.39 Å². The van der Waals surface area contributed by atoms with E-state index < -0.39 is 10.8 Å². The molecule has 17 heavy (non-hydrogen) atoms. The predicted molar refractivity (Wildman–Crippen MR) is 66.3 cm³/mol.